The van der Waals surface area contributed by atoms with Gasteiger partial charge in [-0.15, -0.1) is 0 Å². The molecule has 1 rings (SSSR count). The van der Waals surface area contributed by atoms with E-state index < -0.39 is 90.9 Å². The molecule has 0 unspecified atom stereocenters. The number of esters is 3. The maximum absolute atomic E-state index is 12.9. The van der Waals surface area contributed by atoms with Crippen LogP contribution in [0.15, 0.2) is 12.7 Å². The first-order chi connectivity index (χ1) is 17.1. The van der Waals surface area contributed by atoms with Gasteiger partial charge in [-0.2, -0.15) is 0 Å². The summed E-state index contributed by atoms with van der Waals surface area (Å²) in [6.45, 7) is 10.8. The van der Waals surface area contributed by atoms with Gasteiger partial charge < -0.3 is 40.0 Å². The minimum absolute atomic E-state index is 0.598. The van der Waals surface area contributed by atoms with E-state index in [0.717, 1.165) is 26.8 Å². The van der Waals surface area contributed by atoms with E-state index in [1.165, 1.54) is 0 Å². The second kappa shape index (κ2) is 13.7. The fraction of sp³-hybridized carbons (Fsp3) is 0.652. The second-order valence-corrected chi connectivity index (χ2v) is 9.22. The molecule has 4 N–H and O–H groups in total. The normalized spacial score (nSPS) is 24.0. The van der Waals surface area contributed by atoms with Gasteiger partial charge in [0.2, 0.25) is 17.7 Å². The van der Waals surface area contributed by atoms with Gasteiger partial charge in [0.15, 0.2) is 18.4 Å². The van der Waals surface area contributed by atoms with Crippen LogP contribution in [-0.4, -0.2) is 89.6 Å². The zero-order valence-electron chi connectivity index (χ0n) is 21.7. The summed E-state index contributed by atoms with van der Waals surface area (Å²) < 4.78 is 21.4. The van der Waals surface area contributed by atoms with E-state index in [-0.39, 0.29) is 0 Å². The van der Waals surface area contributed by atoms with Crippen LogP contribution in [0.4, 0.5) is 0 Å². The highest BCUT2D eigenvalue weighted by atomic mass is 16.6. The third-order valence-corrected chi connectivity index (χ3v) is 4.73. The van der Waals surface area contributed by atoms with Crippen LogP contribution < -0.4 is 16.0 Å². The fourth-order valence-corrected chi connectivity index (χ4v) is 3.47. The molecule has 3 amide bonds. The smallest absolute Gasteiger partial charge is 0.329 e. The van der Waals surface area contributed by atoms with E-state index in [4.69, 9.17) is 18.9 Å². The predicted octanol–water partition coefficient (Wildman–Crippen LogP) is -1.41. The lowest BCUT2D eigenvalue weighted by atomic mass is 9.95. The number of aliphatic hydroxyl groups is 1. The van der Waals surface area contributed by atoms with Gasteiger partial charge in [-0.1, -0.05) is 6.58 Å². The van der Waals surface area contributed by atoms with Crippen LogP contribution in [-0.2, 0) is 47.7 Å². The lowest BCUT2D eigenvalue weighted by molar-refractivity contribution is -0.225. The first-order valence-corrected chi connectivity index (χ1v) is 11.4. The van der Waals surface area contributed by atoms with Crippen molar-refractivity contribution in [2.75, 3.05) is 6.61 Å². The molecule has 208 valence electrons. The SMILES string of the molecule is C=CC(=O)N[C@@H](CC(=O)N[C@@H]1O[C@H](CO)[C@@H](OC(C)=O)[C@H](OC(C)=O)[C@H]1NC(C)=O)C(=O)OC(C)(C)C. The van der Waals surface area contributed by atoms with Gasteiger partial charge in [-0.3, -0.25) is 24.0 Å². The second-order valence-electron chi connectivity index (χ2n) is 9.22. The molecule has 1 saturated heterocycles. The lowest BCUT2D eigenvalue weighted by Crippen LogP contribution is -2.69. The van der Waals surface area contributed by atoms with Crippen molar-refractivity contribution in [2.24, 2.45) is 0 Å². The van der Waals surface area contributed by atoms with Crippen LogP contribution in [0.3, 0.4) is 0 Å². The van der Waals surface area contributed by atoms with E-state index in [2.05, 4.69) is 22.5 Å². The van der Waals surface area contributed by atoms with Crippen LogP contribution in [0.1, 0.15) is 48.0 Å². The molecule has 1 fully saturated rings. The average Bonchev–Trinajstić information content (AvgIpc) is 2.74. The van der Waals surface area contributed by atoms with Gasteiger partial charge in [0.05, 0.1) is 13.0 Å². The molecule has 0 radical (unpaired) electrons. The van der Waals surface area contributed by atoms with E-state index in [9.17, 15) is 33.9 Å². The number of carbonyl (C=O) groups is 6. The Morgan fingerprint density at radius 3 is 2.03 bits per heavy atom. The van der Waals surface area contributed by atoms with Gasteiger partial charge in [0, 0.05) is 20.8 Å². The molecule has 0 saturated carbocycles. The largest absolute Gasteiger partial charge is 0.458 e. The summed E-state index contributed by atoms with van der Waals surface area (Å²) in [6, 6.07) is -2.67. The molecule has 0 aromatic heterocycles. The number of amides is 3. The highest BCUT2D eigenvalue weighted by Crippen LogP contribution is 2.26. The van der Waals surface area contributed by atoms with E-state index in [0.29, 0.717) is 0 Å². The number of carbonyl (C=O) groups excluding carboxylic acids is 6. The lowest BCUT2D eigenvalue weighted by Gasteiger charge is -2.45. The molecule has 14 nitrogen and oxygen atoms in total. The summed E-state index contributed by atoms with van der Waals surface area (Å²) in [4.78, 5) is 72.7. The first kappa shape index (κ1) is 31.5. The van der Waals surface area contributed by atoms with Gasteiger partial charge in [-0.05, 0) is 26.8 Å². The monoisotopic (exact) mass is 529 g/mol. The Labute approximate surface area is 214 Å². The highest BCUT2D eigenvalue weighted by Gasteiger charge is 2.50. The van der Waals surface area contributed by atoms with Crippen molar-refractivity contribution in [3.05, 3.63) is 12.7 Å². The Bertz CT molecular complexity index is 899. The van der Waals surface area contributed by atoms with Gasteiger partial charge in [0.1, 0.15) is 23.8 Å². The predicted molar refractivity (Wildman–Crippen MR) is 125 cm³/mol. The topological polar surface area (TPSA) is 196 Å². The van der Waals surface area contributed by atoms with Gasteiger partial charge >= 0.3 is 17.9 Å². The van der Waals surface area contributed by atoms with Gasteiger partial charge in [-0.25, -0.2) is 4.79 Å². The Balaban J connectivity index is 3.25. The molecule has 1 aliphatic rings. The van der Waals surface area contributed by atoms with Crippen LogP contribution in [0.5, 0.6) is 0 Å². The summed E-state index contributed by atoms with van der Waals surface area (Å²) in [5, 5.41) is 17.1. The fourth-order valence-electron chi connectivity index (χ4n) is 3.47. The summed E-state index contributed by atoms with van der Waals surface area (Å²) in [6.07, 6.45) is -5.03. The summed E-state index contributed by atoms with van der Waals surface area (Å²) in [5.41, 5.74) is -0.912. The van der Waals surface area contributed by atoms with Crippen molar-refractivity contribution in [3.8, 4) is 0 Å². The number of nitrogens with one attached hydrogen (secondary N) is 3. The third-order valence-electron chi connectivity index (χ3n) is 4.73. The van der Waals surface area contributed by atoms with Crippen molar-refractivity contribution in [1.82, 2.24) is 16.0 Å². The van der Waals surface area contributed by atoms with Crippen LogP contribution in [0.2, 0.25) is 0 Å². The standard InChI is InChI=1S/C23H35N3O11/c1-8-16(31)25-14(22(33)37-23(5,6)7)9-17(32)26-21-18(24-11(2)28)20(35-13(4)30)19(34-12(3)29)15(10-27)36-21/h8,14-15,18-21,27H,1,9-10H2,2-7H3,(H,24,28)(H,25,31)(H,26,32)/t14-,15+,18+,19+,20+,21+/m0/s1. The number of hydrogen-bond acceptors (Lipinski definition) is 11. The molecule has 0 aliphatic carbocycles. The Hall–Kier alpha value is -3.52. The highest BCUT2D eigenvalue weighted by molar-refractivity contribution is 5.93. The Morgan fingerprint density at radius 1 is 1.00 bits per heavy atom. The summed E-state index contributed by atoms with van der Waals surface area (Å²) >= 11 is 0. The van der Waals surface area contributed by atoms with Crippen LogP contribution >= 0.6 is 0 Å². The summed E-state index contributed by atoms with van der Waals surface area (Å²) in [5.74, 6) is -4.61. The van der Waals surface area contributed by atoms with Gasteiger partial charge in [0.25, 0.3) is 0 Å². The van der Waals surface area contributed by atoms with E-state index in [1.54, 1.807) is 20.8 Å². The minimum Gasteiger partial charge on any atom is -0.458 e. The van der Waals surface area contributed by atoms with Crippen molar-refractivity contribution < 1.29 is 52.8 Å². The number of hydrogen-bond donors (Lipinski definition) is 4. The maximum Gasteiger partial charge on any atom is 0.329 e. The first-order valence-electron chi connectivity index (χ1n) is 11.4. The number of rotatable bonds is 10. The number of ether oxygens (including phenoxy) is 4. The molecule has 6 atom stereocenters. The molecular weight excluding hydrogens is 494 g/mol. The molecule has 0 bridgehead atoms. The minimum atomic E-state index is -1.40. The molecule has 14 heteroatoms. The van der Waals surface area contributed by atoms with Crippen molar-refractivity contribution in [3.63, 3.8) is 0 Å². The number of aliphatic hydroxyl groups excluding tert-OH is 1. The Kier molecular flexibility index (Phi) is 11.7. The van der Waals surface area contributed by atoms with Crippen LogP contribution in [0, 0.1) is 0 Å². The van der Waals surface area contributed by atoms with Crippen LogP contribution in [0.25, 0.3) is 0 Å². The van der Waals surface area contributed by atoms with Crippen molar-refractivity contribution >= 4 is 35.6 Å². The quantitative estimate of drug-likeness (QED) is 0.147. The molecule has 37 heavy (non-hydrogen) atoms. The molecule has 0 spiro atoms. The van der Waals surface area contributed by atoms with Crippen molar-refractivity contribution in [1.29, 1.82) is 0 Å². The average molecular weight is 530 g/mol. The maximum atomic E-state index is 12.9. The Morgan fingerprint density at radius 2 is 1.57 bits per heavy atom. The van der Waals surface area contributed by atoms with E-state index >= 15 is 0 Å². The molecule has 1 aliphatic heterocycles. The molecular formula is C23H35N3O11. The van der Waals surface area contributed by atoms with Crippen molar-refractivity contribution in [2.45, 2.75) is 90.2 Å². The molecule has 0 aromatic carbocycles. The zero-order chi connectivity index (χ0) is 28.5. The summed E-state index contributed by atoms with van der Waals surface area (Å²) in [7, 11) is 0. The molecule has 0 aromatic rings. The molecule has 1 heterocycles. The van der Waals surface area contributed by atoms with E-state index in [1.807, 2.05) is 0 Å². The third kappa shape index (κ3) is 10.6. The zero-order valence-corrected chi connectivity index (χ0v) is 21.7.